The highest BCUT2D eigenvalue weighted by atomic mass is 79.9. The van der Waals surface area contributed by atoms with Crippen LogP contribution in [-0.2, 0) is 16.1 Å². The lowest BCUT2D eigenvalue weighted by Crippen LogP contribution is -2.39. The first-order valence-corrected chi connectivity index (χ1v) is 14.3. The second kappa shape index (κ2) is 11.7. The minimum atomic E-state index is -0.683. The van der Waals surface area contributed by atoms with Crippen molar-refractivity contribution >= 4 is 39.3 Å². The van der Waals surface area contributed by atoms with Crippen LogP contribution in [0.1, 0.15) is 42.1 Å². The standard InChI is InChI=1S/C31H26BrFN2O4S/c1-4-38-30(37)27-19(3)34-31-35(28(27)20-11-9-18(2)10-12-20)29(36)26(40-31)16-22-15-23(32)13-14-25(22)39-17-21-7-5-6-8-24(21)33/h5-16,28H,4,17H2,1-3H3/b26-16+/t28-/m0/s1. The van der Waals surface area contributed by atoms with Crippen molar-refractivity contribution in [3.63, 3.8) is 0 Å². The number of thiazole rings is 1. The van der Waals surface area contributed by atoms with Crippen molar-refractivity contribution in [2.75, 3.05) is 6.61 Å². The van der Waals surface area contributed by atoms with Gasteiger partial charge in [-0.2, -0.15) is 0 Å². The molecule has 0 bridgehead atoms. The van der Waals surface area contributed by atoms with Crippen molar-refractivity contribution in [3.05, 3.63) is 130 Å². The fourth-order valence-corrected chi connectivity index (χ4v) is 5.95. The van der Waals surface area contributed by atoms with Crippen LogP contribution in [0.2, 0.25) is 0 Å². The number of aromatic nitrogens is 1. The fourth-order valence-electron chi connectivity index (χ4n) is 4.53. The molecule has 40 heavy (non-hydrogen) atoms. The van der Waals surface area contributed by atoms with E-state index in [0.29, 0.717) is 37.5 Å². The first kappa shape index (κ1) is 27.7. The van der Waals surface area contributed by atoms with E-state index in [2.05, 4.69) is 20.9 Å². The summed E-state index contributed by atoms with van der Waals surface area (Å²) < 4.78 is 28.3. The Morgan fingerprint density at radius 2 is 1.88 bits per heavy atom. The maximum atomic E-state index is 14.2. The molecule has 0 radical (unpaired) electrons. The number of aryl methyl sites for hydroxylation is 1. The number of rotatable bonds is 7. The lowest BCUT2D eigenvalue weighted by molar-refractivity contribution is -0.139. The average Bonchev–Trinajstić information content (AvgIpc) is 3.23. The van der Waals surface area contributed by atoms with Gasteiger partial charge >= 0.3 is 5.97 Å². The first-order valence-electron chi connectivity index (χ1n) is 12.7. The Balaban J connectivity index is 1.62. The normalized spacial score (nSPS) is 15.0. The summed E-state index contributed by atoms with van der Waals surface area (Å²) in [6.45, 7) is 5.72. The van der Waals surface area contributed by atoms with Crippen molar-refractivity contribution < 1.29 is 18.7 Å². The van der Waals surface area contributed by atoms with E-state index in [-0.39, 0.29) is 24.6 Å². The lowest BCUT2D eigenvalue weighted by Gasteiger charge is -2.24. The molecule has 0 N–H and O–H groups in total. The first-order chi connectivity index (χ1) is 19.3. The Hall–Kier alpha value is -3.82. The molecule has 0 amide bonds. The second-order valence-corrected chi connectivity index (χ2v) is 11.2. The van der Waals surface area contributed by atoms with Gasteiger partial charge in [0.15, 0.2) is 4.80 Å². The molecule has 5 rings (SSSR count). The molecule has 2 heterocycles. The van der Waals surface area contributed by atoms with Crippen molar-refractivity contribution in [1.82, 2.24) is 4.57 Å². The van der Waals surface area contributed by atoms with Crippen LogP contribution in [0.15, 0.2) is 92.3 Å². The SMILES string of the molecule is CCOC(=O)C1=C(C)N=c2s/c(=C/c3cc(Br)ccc3OCc3ccccc3F)c(=O)n2[C@H]1c1ccc(C)cc1. The van der Waals surface area contributed by atoms with Crippen LogP contribution in [0.3, 0.4) is 0 Å². The number of allylic oxidation sites excluding steroid dienone is 1. The molecule has 1 aliphatic heterocycles. The maximum Gasteiger partial charge on any atom is 0.338 e. The van der Waals surface area contributed by atoms with Crippen molar-refractivity contribution in [2.45, 2.75) is 33.4 Å². The van der Waals surface area contributed by atoms with Gasteiger partial charge in [0.2, 0.25) is 0 Å². The number of hydrogen-bond acceptors (Lipinski definition) is 6. The summed E-state index contributed by atoms with van der Waals surface area (Å²) in [7, 11) is 0. The van der Waals surface area contributed by atoms with Gasteiger partial charge in [-0.05, 0) is 56.7 Å². The molecule has 1 aromatic heterocycles. The van der Waals surface area contributed by atoms with Crippen molar-refractivity contribution in [2.24, 2.45) is 4.99 Å². The van der Waals surface area contributed by atoms with E-state index in [1.54, 1.807) is 48.8 Å². The third-order valence-corrected chi connectivity index (χ3v) is 7.99. The maximum absolute atomic E-state index is 14.2. The largest absolute Gasteiger partial charge is 0.488 e. The number of esters is 1. The lowest BCUT2D eigenvalue weighted by atomic mass is 9.95. The number of benzene rings is 3. The second-order valence-electron chi connectivity index (χ2n) is 9.28. The Bertz CT molecular complexity index is 1810. The van der Waals surface area contributed by atoms with Gasteiger partial charge in [0.05, 0.1) is 28.5 Å². The van der Waals surface area contributed by atoms with Gasteiger partial charge in [-0.25, -0.2) is 14.2 Å². The van der Waals surface area contributed by atoms with Gasteiger partial charge in [0.1, 0.15) is 18.2 Å². The Morgan fingerprint density at radius 1 is 1.12 bits per heavy atom. The summed E-state index contributed by atoms with van der Waals surface area (Å²) in [5.41, 5.74) is 3.47. The smallest absolute Gasteiger partial charge is 0.338 e. The highest BCUT2D eigenvalue weighted by molar-refractivity contribution is 9.10. The van der Waals surface area contributed by atoms with Crippen LogP contribution in [0.5, 0.6) is 5.75 Å². The number of nitrogens with zero attached hydrogens (tertiary/aromatic N) is 2. The summed E-state index contributed by atoms with van der Waals surface area (Å²) in [5, 5.41) is 0. The van der Waals surface area contributed by atoms with Crippen LogP contribution in [0.25, 0.3) is 6.08 Å². The monoisotopic (exact) mass is 620 g/mol. The summed E-state index contributed by atoms with van der Waals surface area (Å²) in [4.78, 5) is 32.1. The predicted octanol–water partition coefficient (Wildman–Crippen LogP) is 5.59. The minimum absolute atomic E-state index is 0.0336. The van der Waals surface area contributed by atoms with Gasteiger partial charge in [0.25, 0.3) is 5.56 Å². The third kappa shape index (κ3) is 5.57. The van der Waals surface area contributed by atoms with Crippen LogP contribution in [0.4, 0.5) is 4.39 Å². The Morgan fingerprint density at radius 3 is 2.60 bits per heavy atom. The number of ether oxygens (including phenoxy) is 2. The van der Waals surface area contributed by atoms with Crippen LogP contribution in [-0.4, -0.2) is 17.1 Å². The molecule has 204 valence electrons. The van der Waals surface area contributed by atoms with E-state index >= 15 is 0 Å². The molecular weight excluding hydrogens is 595 g/mol. The third-order valence-electron chi connectivity index (χ3n) is 6.51. The van der Waals surface area contributed by atoms with Crippen LogP contribution >= 0.6 is 27.3 Å². The quantitative estimate of drug-likeness (QED) is 0.253. The molecule has 0 aliphatic carbocycles. The number of hydrogen-bond donors (Lipinski definition) is 0. The highest BCUT2D eigenvalue weighted by Crippen LogP contribution is 2.31. The van der Waals surface area contributed by atoms with Gasteiger partial charge in [-0.1, -0.05) is 75.3 Å². The van der Waals surface area contributed by atoms with Crippen LogP contribution < -0.4 is 19.6 Å². The molecular formula is C31H26BrFN2O4S. The molecule has 1 aliphatic rings. The molecule has 0 spiro atoms. The van der Waals surface area contributed by atoms with Gasteiger partial charge < -0.3 is 9.47 Å². The van der Waals surface area contributed by atoms with E-state index in [4.69, 9.17) is 9.47 Å². The van der Waals surface area contributed by atoms with Gasteiger partial charge in [-0.15, -0.1) is 0 Å². The number of carbonyl (C=O) groups is 1. The topological polar surface area (TPSA) is 69.9 Å². The zero-order valence-electron chi connectivity index (χ0n) is 22.1. The molecule has 0 unspecified atom stereocenters. The zero-order chi connectivity index (χ0) is 28.4. The number of carbonyl (C=O) groups excluding carboxylic acids is 1. The van der Waals surface area contributed by atoms with E-state index in [9.17, 15) is 14.0 Å². The van der Waals surface area contributed by atoms with E-state index in [0.717, 1.165) is 15.6 Å². The number of halogens is 2. The molecule has 3 aromatic carbocycles. The Kier molecular flexibility index (Phi) is 8.14. The molecule has 0 saturated heterocycles. The van der Waals surface area contributed by atoms with Gasteiger partial charge in [0, 0.05) is 15.6 Å². The van der Waals surface area contributed by atoms with Crippen LogP contribution in [0, 0.1) is 12.7 Å². The summed E-state index contributed by atoms with van der Waals surface area (Å²) in [6, 6.07) is 18.9. The van der Waals surface area contributed by atoms with E-state index in [1.165, 1.54) is 17.4 Å². The summed E-state index contributed by atoms with van der Waals surface area (Å²) in [5.74, 6) is -0.353. The highest BCUT2D eigenvalue weighted by Gasteiger charge is 2.33. The van der Waals surface area contributed by atoms with Crippen molar-refractivity contribution in [3.8, 4) is 5.75 Å². The Labute approximate surface area is 242 Å². The molecule has 6 nitrogen and oxygen atoms in total. The molecule has 4 aromatic rings. The number of fused-ring (bicyclic) bond motifs is 1. The van der Waals surface area contributed by atoms with E-state index < -0.39 is 12.0 Å². The summed E-state index contributed by atoms with van der Waals surface area (Å²) >= 11 is 4.72. The molecule has 9 heteroatoms. The summed E-state index contributed by atoms with van der Waals surface area (Å²) in [6.07, 6.45) is 1.74. The predicted molar refractivity (Wildman–Crippen MR) is 156 cm³/mol. The van der Waals surface area contributed by atoms with E-state index in [1.807, 2.05) is 43.3 Å². The minimum Gasteiger partial charge on any atom is -0.488 e. The molecule has 0 saturated carbocycles. The van der Waals surface area contributed by atoms with Gasteiger partial charge in [-0.3, -0.25) is 9.36 Å². The molecule has 0 fully saturated rings. The average molecular weight is 622 g/mol. The fraction of sp³-hybridized carbons (Fsp3) is 0.194. The van der Waals surface area contributed by atoms with Crippen molar-refractivity contribution in [1.29, 1.82) is 0 Å². The molecule has 1 atom stereocenters. The zero-order valence-corrected chi connectivity index (χ0v) is 24.5.